The second-order valence-electron chi connectivity index (χ2n) is 5.88. The summed E-state index contributed by atoms with van der Waals surface area (Å²) in [6.45, 7) is 4.01. The van der Waals surface area contributed by atoms with Crippen LogP contribution in [-0.2, 0) is 0 Å². The molecule has 1 aliphatic rings. The molecule has 1 atom stereocenters. The molecule has 0 saturated heterocycles. The number of hydrogen-bond acceptors (Lipinski definition) is 2. The fourth-order valence-corrected chi connectivity index (χ4v) is 2.89. The molecule has 1 aliphatic carbocycles. The smallest absolute Gasteiger partial charge is 0.129 e. The van der Waals surface area contributed by atoms with E-state index in [0.29, 0.717) is 18.8 Å². The summed E-state index contributed by atoms with van der Waals surface area (Å²) in [7, 11) is 0. The summed E-state index contributed by atoms with van der Waals surface area (Å²) in [6, 6.07) is 6.96. The molecular formula is C16H20FNO. The number of hydrogen-bond donors (Lipinski definition) is 1. The lowest BCUT2D eigenvalue weighted by molar-refractivity contribution is 0.0242. The Morgan fingerprint density at radius 3 is 2.63 bits per heavy atom. The number of aliphatic hydroxyl groups excluding tert-OH is 1. The van der Waals surface area contributed by atoms with Gasteiger partial charge in [-0.3, -0.25) is 0 Å². The molecule has 0 bridgehead atoms. The van der Waals surface area contributed by atoms with Crippen molar-refractivity contribution in [1.29, 1.82) is 5.26 Å². The molecule has 102 valence electrons. The Morgan fingerprint density at radius 1 is 1.42 bits per heavy atom. The van der Waals surface area contributed by atoms with Crippen molar-refractivity contribution in [3.8, 4) is 6.07 Å². The maximum atomic E-state index is 13.9. The van der Waals surface area contributed by atoms with Gasteiger partial charge in [-0.05, 0) is 44.6 Å². The van der Waals surface area contributed by atoms with E-state index in [2.05, 4.69) is 13.0 Å². The van der Waals surface area contributed by atoms with Gasteiger partial charge in [0.1, 0.15) is 11.9 Å². The van der Waals surface area contributed by atoms with Crippen LogP contribution in [0.25, 0.3) is 0 Å². The minimum atomic E-state index is -1.04. The fraction of sp³-hybridized carbons (Fsp3) is 0.562. The van der Waals surface area contributed by atoms with Crippen molar-refractivity contribution >= 4 is 0 Å². The van der Waals surface area contributed by atoms with Crippen LogP contribution in [0, 0.1) is 35.4 Å². The summed E-state index contributed by atoms with van der Waals surface area (Å²) in [6.07, 6.45) is 2.07. The molecule has 19 heavy (non-hydrogen) atoms. The van der Waals surface area contributed by atoms with Crippen LogP contribution in [0.3, 0.4) is 0 Å². The zero-order valence-electron chi connectivity index (χ0n) is 11.5. The fourth-order valence-electron chi connectivity index (χ4n) is 2.89. The molecule has 0 aromatic heterocycles. The van der Waals surface area contributed by atoms with Gasteiger partial charge in [0.2, 0.25) is 0 Å². The predicted molar refractivity (Wildman–Crippen MR) is 71.8 cm³/mol. The van der Waals surface area contributed by atoms with Gasteiger partial charge in [-0.15, -0.1) is 0 Å². The molecule has 0 radical (unpaired) electrons. The Morgan fingerprint density at radius 2 is 2.05 bits per heavy atom. The van der Waals surface area contributed by atoms with Crippen LogP contribution in [0.5, 0.6) is 0 Å². The van der Waals surface area contributed by atoms with E-state index in [1.54, 1.807) is 12.1 Å². The molecule has 1 saturated carbocycles. The van der Waals surface area contributed by atoms with Crippen molar-refractivity contribution in [1.82, 2.24) is 0 Å². The third-order valence-electron chi connectivity index (χ3n) is 4.36. The molecule has 2 nitrogen and oxygen atoms in total. The van der Waals surface area contributed by atoms with Gasteiger partial charge in [-0.2, -0.15) is 5.26 Å². The Bertz CT molecular complexity index is 498. The molecule has 2 rings (SSSR count). The van der Waals surface area contributed by atoms with E-state index in [-0.39, 0.29) is 5.56 Å². The highest BCUT2D eigenvalue weighted by Gasteiger charge is 2.42. The molecule has 0 heterocycles. The van der Waals surface area contributed by atoms with Crippen LogP contribution >= 0.6 is 0 Å². The molecule has 0 amide bonds. The van der Waals surface area contributed by atoms with Gasteiger partial charge in [0, 0.05) is 5.56 Å². The van der Waals surface area contributed by atoms with Crippen molar-refractivity contribution in [2.24, 2.45) is 11.3 Å². The first kappa shape index (κ1) is 14.0. The molecule has 1 fully saturated rings. The summed E-state index contributed by atoms with van der Waals surface area (Å²) < 4.78 is 13.9. The maximum Gasteiger partial charge on any atom is 0.129 e. The van der Waals surface area contributed by atoms with Gasteiger partial charge in [0.25, 0.3) is 0 Å². The van der Waals surface area contributed by atoms with E-state index < -0.39 is 17.3 Å². The van der Waals surface area contributed by atoms with E-state index in [4.69, 9.17) is 0 Å². The molecule has 0 spiro atoms. The number of nitriles is 1. The molecule has 1 N–H and O–H groups in total. The van der Waals surface area contributed by atoms with Crippen molar-refractivity contribution < 1.29 is 9.50 Å². The zero-order chi connectivity index (χ0) is 14.0. The van der Waals surface area contributed by atoms with Crippen LogP contribution in [0.2, 0.25) is 0 Å². The lowest BCUT2D eigenvalue weighted by Gasteiger charge is -2.37. The number of rotatable bonds is 2. The monoisotopic (exact) mass is 261 g/mol. The second-order valence-corrected chi connectivity index (χ2v) is 5.88. The average molecular weight is 261 g/mol. The van der Waals surface area contributed by atoms with Gasteiger partial charge in [-0.25, -0.2) is 4.39 Å². The van der Waals surface area contributed by atoms with E-state index in [1.807, 2.05) is 6.92 Å². The summed E-state index contributed by atoms with van der Waals surface area (Å²) in [5, 5.41) is 20.0. The van der Waals surface area contributed by atoms with Crippen molar-refractivity contribution in [2.45, 2.75) is 45.6 Å². The van der Waals surface area contributed by atoms with Crippen LogP contribution in [0.1, 0.15) is 49.8 Å². The zero-order valence-corrected chi connectivity index (χ0v) is 11.5. The Kier molecular flexibility index (Phi) is 3.91. The van der Waals surface area contributed by atoms with Gasteiger partial charge in [0.05, 0.1) is 11.5 Å². The standard InChI is InChI=1S/C16H20FNO/c1-11-5-7-16(10-18,8-6-11)15(19)13-9-12(2)3-4-14(13)17/h3-4,9,11,15,19H,5-8H2,1-2H3. The molecule has 1 aromatic rings. The topological polar surface area (TPSA) is 44.0 Å². The summed E-state index contributed by atoms with van der Waals surface area (Å²) >= 11 is 0. The minimum absolute atomic E-state index is 0.260. The highest BCUT2D eigenvalue weighted by atomic mass is 19.1. The van der Waals surface area contributed by atoms with Crippen molar-refractivity contribution in [3.05, 3.63) is 35.1 Å². The summed E-state index contributed by atoms with van der Waals surface area (Å²) in [5.74, 6) is 0.155. The first-order chi connectivity index (χ1) is 8.98. The third kappa shape index (κ3) is 2.64. The molecular weight excluding hydrogens is 241 g/mol. The predicted octanol–water partition coefficient (Wildman–Crippen LogP) is 3.89. The first-order valence-corrected chi connectivity index (χ1v) is 6.84. The highest BCUT2D eigenvalue weighted by molar-refractivity contribution is 5.29. The van der Waals surface area contributed by atoms with Crippen LogP contribution < -0.4 is 0 Å². The summed E-state index contributed by atoms with van der Waals surface area (Å²) in [5.41, 5.74) is 0.324. The van der Waals surface area contributed by atoms with E-state index in [9.17, 15) is 14.8 Å². The molecule has 3 heteroatoms. The Hall–Kier alpha value is -1.40. The lowest BCUT2D eigenvalue weighted by Crippen LogP contribution is -2.32. The Labute approximate surface area is 113 Å². The second kappa shape index (κ2) is 5.30. The van der Waals surface area contributed by atoms with Crippen LogP contribution in [-0.4, -0.2) is 5.11 Å². The Balaban J connectivity index is 2.33. The largest absolute Gasteiger partial charge is 0.387 e. The number of aliphatic hydroxyl groups is 1. The number of nitrogens with zero attached hydrogens (tertiary/aromatic N) is 1. The van der Waals surface area contributed by atoms with E-state index >= 15 is 0 Å². The van der Waals surface area contributed by atoms with Crippen LogP contribution in [0.15, 0.2) is 18.2 Å². The molecule has 0 aliphatic heterocycles. The van der Waals surface area contributed by atoms with Crippen molar-refractivity contribution in [3.63, 3.8) is 0 Å². The molecule has 1 aromatic carbocycles. The van der Waals surface area contributed by atoms with Crippen molar-refractivity contribution in [2.75, 3.05) is 0 Å². The van der Waals surface area contributed by atoms with E-state index in [1.165, 1.54) is 6.07 Å². The maximum absolute atomic E-state index is 13.9. The lowest BCUT2D eigenvalue weighted by atomic mass is 9.67. The summed E-state index contributed by atoms with van der Waals surface area (Å²) in [4.78, 5) is 0. The normalized spacial score (nSPS) is 28.7. The number of halogens is 1. The minimum Gasteiger partial charge on any atom is -0.387 e. The number of aryl methyl sites for hydroxylation is 1. The van der Waals surface area contributed by atoms with Crippen LogP contribution in [0.4, 0.5) is 4.39 Å². The van der Waals surface area contributed by atoms with E-state index in [0.717, 1.165) is 18.4 Å². The van der Waals surface area contributed by atoms with Gasteiger partial charge >= 0.3 is 0 Å². The first-order valence-electron chi connectivity index (χ1n) is 6.84. The quantitative estimate of drug-likeness (QED) is 0.877. The number of benzene rings is 1. The SMILES string of the molecule is Cc1ccc(F)c(C(O)C2(C#N)CCC(C)CC2)c1. The third-order valence-corrected chi connectivity index (χ3v) is 4.36. The van der Waals surface area contributed by atoms with Gasteiger partial charge in [0.15, 0.2) is 0 Å². The average Bonchev–Trinajstić information content (AvgIpc) is 2.42. The highest BCUT2D eigenvalue weighted by Crippen LogP contribution is 2.47. The van der Waals surface area contributed by atoms with Gasteiger partial charge in [-0.1, -0.05) is 24.6 Å². The van der Waals surface area contributed by atoms with Gasteiger partial charge < -0.3 is 5.11 Å². The molecule has 1 unspecified atom stereocenters.